The Morgan fingerprint density at radius 1 is 0.722 bits per heavy atom. The molecule has 2 heterocycles. The van der Waals surface area contributed by atoms with Crippen molar-refractivity contribution in [2.75, 3.05) is 0 Å². The second-order valence-corrected chi connectivity index (χ2v) is 16.2. The lowest BCUT2D eigenvalue weighted by atomic mass is 9.61. The molecule has 2 saturated heterocycles. The van der Waals surface area contributed by atoms with Crippen molar-refractivity contribution in [1.82, 2.24) is 4.90 Å². The van der Waals surface area contributed by atoms with E-state index >= 15 is 4.79 Å². The molecule has 2 aliphatic heterocycles. The average Bonchev–Trinajstić information content (AvgIpc) is 3.72. The van der Waals surface area contributed by atoms with Crippen molar-refractivity contribution in [3.63, 3.8) is 0 Å². The zero-order valence-corrected chi connectivity index (χ0v) is 30.7. The van der Waals surface area contributed by atoms with Gasteiger partial charge in [-0.25, -0.2) is 9.59 Å². The van der Waals surface area contributed by atoms with E-state index < -0.39 is 57.4 Å². The number of ether oxygens (including phenoxy) is 2. The van der Waals surface area contributed by atoms with Gasteiger partial charge in [-0.3, -0.25) is 9.59 Å². The molecule has 0 aromatic heterocycles. The van der Waals surface area contributed by atoms with Crippen LogP contribution in [-0.4, -0.2) is 44.7 Å². The van der Waals surface area contributed by atoms with E-state index in [4.69, 9.17) is 9.47 Å². The fraction of sp³-hybridized carbons (Fsp3) is 0.217. The Hall–Kier alpha value is -5.73. The Bertz CT molecular complexity index is 2170. The number of nitrogens with zero attached hydrogens (tertiary/aromatic N) is 1. The van der Waals surface area contributed by atoms with Crippen LogP contribution in [0, 0.1) is 11.3 Å². The normalized spacial score (nSPS) is 23.7. The summed E-state index contributed by atoms with van der Waals surface area (Å²) < 4.78 is 11.5. The van der Waals surface area contributed by atoms with Crippen LogP contribution in [0.2, 0.25) is 0 Å². The summed E-state index contributed by atoms with van der Waals surface area (Å²) in [7, 11) is 0. The third-order valence-electron chi connectivity index (χ3n) is 10.8. The molecular weight excluding hydrogens is 695 g/mol. The Balaban J connectivity index is 1.21. The number of esters is 2. The summed E-state index contributed by atoms with van der Waals surface area (Å²) >= 11 is 1.43. The largest absolute Gasteiger partial charge is 0.457 e. The third kappa shape index (κ3) is 5.95. The fourth-order valence-electron chi connectivity index (χ4n) is 8.38. The van der Waals surface area contributed by atoms with Crippen molar-refractivity contribution in [1.29, 1.82) is 0 Å². The molecule has 1 amide bonds. The first-order valence-electron chi connectivity index (χ1n) is 18.1. The minimum absolute atomic E-state index is 0.00306. The number of benzene rings is 5. The number of thioether (sulfide) groups is 1. The number of allylic oxidation sites excluding steroid dienone is 1. The number of β-lactam (4-membered cyclic amide) rings is 1. The number of ketones is 1. The maximum atomic E-state index is 15.3. The molecule has 0 N–H and O–H groups in total. The van der Waals surface area contributed by atoms with Crippen molar-refractivity contribution >= 4 is 35.4 Å². The molecule has 1 spiro atoms. The van der Waals surface area contributed by atoms with Gasteiger partial charge in [-0.05, 0) is 36.1 Å². The van der Waals surface area contributed by atoms with Gasteiger partial charge in [0.2, 0.25) is 5.91 Å². The lowest BCUT2D eigenvalue weighted by Gasteiger charge is -2.55. The van der Waals surface area contributed by atoms with Gasteiger partial charge in [-0.2, -0.15) is 0 Å². The van der Waals surface area contributed by atoms with Gasteiger partial charge >= 0.3 is 11.9 Å². The minimum Gasteiger partial charge on any atom is -0.457 e. The van der Waals surface area contributed by atoms with Gasteiger partial charge in [-0.1, -0.05) is 158 Å². The second-order valence-electron chi connectivity index (χ2n) is 14.5. The topological polar surface area (TPSA) is 90.0 Å². The van der Waals surface area contributed by atoms with Gasteiger partial charge in [0.1, 0.15) is 18.1 Å². The van der Waals surface area contributed by atoms with E-state index in [0.29, 0.717) is 5.56 Å². The summed E-state index contributed by atoms with van der Waals surface area (Å²) in [4.78, 5) is 60.7. The van der Waals surface area contributed by atoms with E-state index in [-0.39, 0.29) is 18.0 Å². The predicted octanol–water partition coefficient (Wildman–Crippen LogP) is 8.33. The first kappa shape index (κ1) is 35.3. The van der Waals surface area contributed by atoms with Crippen molar-refractivity contribution < 1.29 is 28.7 Å². The molecule has 8 heteroatoms. The van der Waals surface area contributed by atoms with Gasteiger partial charge < -0.3 is 14.4 Å². The molecular formula is C46H39NO6S. The highest BCUT2D eigenvalue weighted by atomic mass is 32.2. The van der Waals surface area contributed by atoms with Gasteiger partial charge in [0.15, 0.2) is 11.9 Å². The molecule has 3 aliphatic rings. The van der Waals surface area contributed by atoms with Crippen LogP contribution >= 0.6 is 11.8 Å². The first-order valence-corrected chi connectivity index (χ1v) is 19.0. The summed E-state index contributed by atoms with van der Waals surface area (Å²) in [6.45, 7) is 3.83. The Morgan fingerprint density at radius 2 is 1.24 bits per heavy atom. The highest BCUT2D eigenvalue weighted by Crippen LogP contribution is 2.69. The highest BCUT2D eigenvalue weighted by Gasteiger charge is 2.79. The number of hydrogen-bond donors (Lipinski definition) is 0. The van der Waals surface area contributed by atoms with E-state index in [2.05, 4.69) is 0 Å². The Kier molecular flexibility index (Phi) is 9.32. The third-order valence-corrected chi connectivity index (χ3v) is 12.5. The predicted molar refractivity (Wildman–Crippen MR) is 207 cm³/mol. The minimum atomic E-state index is -1.60. The van der Waals surface area contributed by atoms with Crippen LogP contribution in [0.1, 0.15) is 58.5 Å². The molecule has 7 nitrogen and oxygen atoms in total. The number of rotatable bonds is 10. The zero-order chi connectivity index (χ0) is 37.5. The number of carbonyl (C=O) groups is 4. The first-order chi connectivity index (χ1) is 26.2. The summed E-state index contributed by atoms with van der Waals surface area (Å²) in [6, 6.07) is 45.7. The van der Waals surface area contributed by atoms with E-state index in [0.717, 1.165) is 22.3 Å². The lowest BCUT2D eigenvalue weighted by molar-refractivity contribution is -0.178. The maximum absolute atomic E-state index is 15.3. The molecule has 54 heavy (non-hydrogen) atoms. The SMILES string of the molecule is CC1(C)S[C@H]2N(C(=O)C23C(C(=O)OCc2ccccc2)=C[C@H](c2ccccc2)[C@@H]3C(=O)c2ccccc2)[C@H]1C(=O)OC(c1ccccc1)c1ccccc1. The van der Waals surface area contributed by atoms with Crippen LogP contribution < -0.4 is 0 Å². The average molecular weight is 734 g/mol. The number of fused-ring (bicyclic) bond motifs is 2. The van der Waals surface area contributed by atoms with Crippen molar-refractivity contribution in [2.45, 2.75) is 48.6 Å². The smallest absolute Gasteiger partial charge is 0.335 e. The zero-order valence-electron chi connectivity index (χ0n) is 29.9. The van der Waals surface area contributed by atoms with Crippen LogP contribution in [0.4, 0.5) is 0 Å². The van der Waals surface area contributed by atoms with E-state index in [1.807, 2.05) is 141 Å². The lowest BCUT2D eigenvalue weighted by Crippen LogP contribution is -2.73. The molecule has 1 aliphatic carbocycles. The van der Waals surface area contributed by atoms with E-state index in [9.17, 15) is 14.4 Å². The molecule has 0 saturated carbocycles. The summed E-state index contributed by atoms with van der Waals surface area (Å²) in [5, 5.41) is -0.730. The molecule has 5 atom stereocenters. The number of carbonyl (C=O) groups excluding carboxylic acids is 4. The molecule has 2 fully saturated rings. The molecule has 8 rings (SSSR count). The van der Waals surface area contributed by atoms with Crippen LogP contribution in [0.15, 0.2) is 163 Å². The standard InChI is InChI=1S/C46H39NO6S/c1-45(2)40(42(50)53-39(33-24-14-6-15-25-33)34-26-16-7-17-27-34)47-43(51)46(44(47)54-45)36(41(49)52-29-30-18-8-3-9-19-30)28-35(31-20-10-4-11-21-31)37(46)38(48)32-22-12-5-13-23-32/h3-28,35,37,39-40,44H,29H2,1-2H3/t35-,37-,40+,44-,46?/m1/s1. The quantitative estimate of drug-likeness (QED) is 0.0810. The number of Topliss-reactive ketones (excluding diaryl/α,β-unsaturated/α-hetero) is 1. The van der Waals surface area contributed by atoms with Gasteiger partial charge in [0.25, 0.3) is 0 Å². The van der Waals surface area contributed by atoms with Crippen LogP contribution in [0.25, 0.3) is 0 Å². The molecule has 5 aromatic carbocycles. The van der Waals surface area contributed by atoms with Crippen LogP contribution in [0.5, 0.6) is 0 Å². The second kappa shape index (κ2) is 14.3. The van der Waals surface area contributed by atoms with E-state index in [1.165, 1.54) is 11.8 Å². The molecule has 5 aromatic rings. The molecule has 0 bridgehead atoms. The molecule has 0 radical (unpaired) electrons. The van der Waals surface area contributed by atoms with Gasteiger partial charge in [0.05, 0.1) is 16.9 Å². The van der Waals surface area contributed by atoms with Crippen molar-refractivity contribution in [3.8, 4) is 0 Å². The van der Waals surface area contributed by atoms with Crippen LogP contribution in [-0.2, 0) is 30.5 Å². The summed E-state index contributed by atoms with van der Waals surface area (Å²) in [5.41, 5.74) is 2.17. The van der Waals surface area contributed by atoms with E-state index in [1.54, 1.807) is 35.2 Å². The Labute approximate surface area is 319 Å². The molecule has 1 unspecified atom stereocenters. The summed E-state index contributed by atoms with van der Waals surface area (Å²) in [5.74, 6) is -3.52. The monoisotopic (exact) mass is 733 g/mol. The molecule has 270 valence electrons. The van der Waals surface area contributed by atoms with Crippen molar-refractivity contribution in [2.24, 2.45) is 11.3 Å². The maximum Gasteiger partial charge on any atom is 0.335 e. The van der Waals surface area contributed by atoms with Crippen LogP contribution in [0.3, 0.4) is 0 Å². The number of amides is 1. The Morgan fingerprint density at radius 3 is 1.81 bits per heavy atom. The highest BCUT2D eigenvalue weighted by molar-refractivity contribution is 8.01. The fourth-order valence-corrected chi connectivity index (χ4v) is 10.2. The van der Waals surface area contributed by atoms with Gasteiger partial charge in [-0.15, -0.1) is 11.8 Å². The van der Waals surface area contributed by atoms with Gasteiger partial charge in [0, 0.05) is 16.2 Å². The summed E-state index contributed by atoms with van der Waals surface area (Å²) in [6.07, 6.45) is 1.05. The van der Waals surface area contributed by atoms with Crippen molar-refractivity contribution in [3.05, 3.63) is 191 Å². The number of hydrogen-bond acceptors (Lipinski definition) is 7.